The van der Waals surface area contributed by atoms with Gasteiger partial charge in [0.15, 0.2) is 5.82 Å². The van der Waals surface area contributed by atoms with Crippen LogP contribution in [0.4, 0.5) is 24.5 Å². The monoisotopic (exact) mass is 513 g/mol. The zero-order valence-electron chi connectivity index (χ0n) is 19.1. The van der Waals surface area contributed by atoms with Crippen molar-refractivity contribution in [3.05, 3.63) is 77.1 Å². The Morgan fingerprint density at radius 1 is 1.22 bits per heavy atom. The summed E-state index contributed by atoms with van der Waals surface area (Å²) in [6.45, 7) is 5.88. The van der Waals surface area contributed by atoms with Gasteiger partial charge in [-0.15, -0.1) is 16.1 Å². The summed E-state index contributed by atoms with van der Waals surface area (Å²) in [5, 5.41) is 23.4. The first-order valence-electron chi connectivity index (χ1n) is 10.7. The van der Waals surface area contributed by atoms with E-state index in [2.05, 4.69) is 37.4 Å². The smallest absolute Gasteiger partial charge is 0.354 e. The third-order valence-corrected chi connectivity index (χ3v) is 6.15. The van der Waals surface area contributed by atoms with Crippen LogP contribution in [-0.4, -0.2) is 43.9 Å². The molecule has 0 aliphatic carbocycles. The average molecular weight is 514 g/mol. The van der Waals surface area contributed by atoms with Crippen LogP contribution < -0.4 is 16.4 Å². The van der Waals surface area contributed by atoms with E-state index in [4.69, 9.17) is 11.1 Å². The van der Waals surface area contributed by atoms with Crippen molar-refractivity contribution in [1.82, 2.24) is 25.0 Å². The maximum atomic E-state index is 14.2. The maximum Gasteiger partial charge on any atom is 0.431 e. The lowest BCUT2D eigenvalue weighted by Gasteiger charge is -2.20. The minimum atomic E-state index is -4.81. The fourth-order valence-corrected chi connectivity index (χ4v) is 4.51. The molecular formula is C23H22F3N9S. The van der Waals surface area contributed by atoms with Gasteiger partial charge in [-0.2, -0.15) is 23.4 Å². The van der Waals surface area contributed by atoms with Crippen molar-refractivity contribution in [2.75, 3.05) is 17.2 Å². The minimum absolute atomic E-state index is 0.134. The highest BCUT2D eigenvalue weighted by atomic mass is 32.1. The molecule has 186 valence electrons. The molecule has 4 aromatic rings. The molecule has 0 saturated heterocycles. The molecule has 36 heavy (non-hydrogen) atoms. The van der Waals surface area contributed by atoms with Crippen LogP contribution in [0.3, 0.4) is 0 Å². The number of nitrogens with zero attached hydrogens (tertiary/aromatic N) is 5. The SMILES string of the molecule is C=C(Nc1cnc(-n2nccn2)c(C)c1)/C(C=N)=C(/Nc1cnc(CCN)c2sccc12)C(F)(F)F. The predicted octanol–water partition coefficient (Wildman–Crippen LogP) is 4.59. The van der Waals surface area contributed by atoms with Gasteiger partial charge in [-0.05, 0) is 36.5 Å². The molecular weight excluding hydrogens is 491 g/mol. The van der Waals surface area contributed by atoms with E-state index in [1.807, 2.05) is 0 Å². The number of nitrogens with one attached hydrogen (secondary N) is 3. The van der Waals surface area contributed by atoms with E-state index in [1.165, 1.54) is 40.9 Å². The molecule has 0 aromatic carbocycles. The first kappa shape index (κ1) is 25.0. The zero-order valence-corrected chi connectivity index (χ0v) is 19.9. The van der Waals surface area contributed by atoms with Gasteiger partial charge >= 0.3 is 6.18 Å². The van der Waals surface area contributed by atoms with Crippen molar-refractivity contribution < 1.29 is 13.2 Å². The normalized spacial score (nSPS) is 12.4. The second-order valence-electron chi connectivity index (χ2n) is 7.66. The number of allylic oxidation sites excluding steroid dienone is 2. The number of thiophene rings is 1. The van der Waals surface area contributed by atoms with E-state index in [9.17, 15) is 13.2 Å². The molecule has 0 spiro atoms. The van der Waals surface area contributed by atoms with Gasteiger partial charge < -0.3 is 21.8 Å². The molecule has 0 bridgehead atoms. The predicted molar refractivity (Wildman–Crippen MR) is 135 cm³/mol. The van der Waals surface area contributed by atoms with Gasteiger partial charge in [0.05, 0.1) is 46.6 Å². The third-order valence-electron chi connectivity index (χ3n) is 5.18. The van der Waals surface area contributed by atoms with E-state index >= 15 is 0 Å². The summed E-state index contributed by atoms with van der Waals surface area (Å²) in [4.78, 5) is 9.92. The second kappa shape index (κ2) is 10.3. The number of hydrogen-bond acceptors (Lipinski definition) is 9. The number of aryl methyl sites for hydroxylation is 1. The number of alkyl halides is 3. The van der Waals surface area contributed by atoms with E-state index in [1.54, 1.807) is 24.4 Å². The molecule has 0 atom stereocenters. The van der Waals surface area contributed by atoms with Gasteiger partial charge in [0, 0.05) is 29.3 Å². The van der Waals surface area contributed by atoms with Crippen LogP contribution in [0.1, 0.15) is 11.3 Å². The Morgan fingerprint density at radius 3 is 2.61 bits per heavy atom. The number of hydrogen-bond donors (Lipinski definition) is 4. The Hall–Kier alpha value is -4.10. The van der Waals surface area contributed by atoms with E-state index < -0.39 is 17.4 Å². The molecule has 4 aromatic heterocycles. The molecule has 0 amide bonds. The Balaban J connectivity index is 1.67. The molecule has 4 rings (SSSR count). The summed E-state index contributed by atoms with van der Waals surface area (Å²) in [7, 11) is 0. The molecule has 13 heteroatoms. The molecule has 4 heterocycles. The van der Waals surface area contributed by atoms with Gasteiger partial charge in [0.2, 0.25) is 0 Å². The summed E-state index contributed by atoms with van der Waals surface area (Å²) < 4.78 is 43.3. The lowest BCUT2D eigenvalue weighted by atomic mass is 10.1. The maximum absolute atomic E-state index is 14.2. The summed E-state index contributed by atoms with van der Waals surface area (Å²) in [5.41, 5.74) is 5.85. The van der Waals surface area contributed by atoms with Crippen LogP contribution in [-0.2, 0) is 6.42 Å². The Bertz CT molecular complexity index is 1440. The molecule has 0 fully saturated rings. The first-order chi connectivity index (χ1) is 17.2. The van der Waals surface area contributed by atoms with Gasteiger partial charge in [0.25, 0.3) is 0 Å². The topological polar surface area (TPSA) is 130 Å². The Kier molecular flexibility index (Phi) is 7.12. The Labute approximate surface area is 208 Å². The quantitative estimate of drug-likeness (QED) is 0.190. The minimum Gasteiger partial charge on any atom is -0.354 e. The molecule has 0 aliphatic rings. The highest BCUT2D eigenvalue weighted by molar-refractivity contribution is 7.17. The molecule has 0 unspecified atom stereocenters. The van der Waals surface area contributed by atoms with E-state index in [0.717, 1.165) is 10.4 Å². The number of anilines is 2. The van der Waals surface area contributed by atoms with E-state index in [-0.39, 0.29) is 11.4 Å². The summed E-state index contributed by atoms with van der Waals surface area (Å²) >= 11 is 1.38. The Morgan fingerprint density at radius 2 is 1.97 bits per heavy atom. The number of pyridine rings is 2. The summed E-state index contributed by atoms with van der Waals surface area (Å²) in [6, 6.07) is 3.40. The van der Waals surface area contributed by atoms with Crippen molar-refractivity contribution in [3.8, 4) is 5.82 Å². The van der Waals surface area contributed by atoms with Crippen molar-refractivity contribution in [2.24, 2.45) is 5.73 Å². The lowest BCUT2D eigenvalue weighted by molar-refractivity contribution is -0.0906. The first-order valence-corrected chi connectivity index (χ1v) is 11.5. The number of halogens is 3. The lowest BCUT2D eigenvalue weighted by Crippen LogP contribution is -2.24. The van der Waals surface area contributed by atoms with Crippen LogP contribution in [0.5, 0.6) is 0 Å². The van der Waals surface area contributed by atoms with Gasteiger partial charge in [-0.25, -0.2) is 4.98 Å². The number of nitrogens with two attached hydrogens (primary N) is 1. The second-order valence-corrected chi connectivity index (χ2v) is 8.58. The van der Waals surface area contributed by atoms with Crippen LogP contribution in [0, 0.1) is 12.3 Å². The van der Waals surface area contributed by atoms with Gasteiger partial charge in [0.1, 0.15) is 5.70 Å². The molecule has 5 N–H and O–H groups in total. The number of rotatable bonds is 9. The third kappa shape index (κ3) is 5.11. The summed E-state index contributed by atoms with van der Waals surface area (Å²) in [5.74, 6) is 0.474. The molecule has 9 nitrogen and oxygen atoms in total. The fourth-order valence-electron chi connectivity index (χ4n) is 3.58. The fraction of sp³-hybridized carbons (Fsp3) is 0.174. The van der Waals surface area contributed by atoms with Crippen molar-refractivity contribution in [2.45, 2.75) is 19.5 Å². The average Bonchev–Trinajstić information content (AvgIpc) is 3.52. The van der Waals surface area contributed by atoms with Crippen molar-refractivity contribution >= 4 is 39.0 Å². The van der Waals surface area contributed by atoms with Gasteiger partial charge in [-0.1, -0.05) is 6.58 Å². The molecule has 0 aliphatic heterocycles. The summed E-state index contributed by atoms with van der Waals surface area (Å²) in [6.07, 6.45) is 2.09. The largest absolute Gasteiger partial charge is 0.431 e. The van der Waals surface area contributed by atoms with E-state index in [0.29, 0.717) is 41.6 Å². The van der Waals surface area contributed by atoms with Crippen molar-refractivity contribution in [1.29, 1.82) is 5.41 Å². The van der Waals surface area contributed by atoms with Crippen LogP contribution in [0.15, 0.2) is 65.8 Å². The molecule has 0 saturated carbocycles. The number of aromatic nitrogens is 5. The highest BCUT2D eigenvalue weighted by Gasteiger charge is 2.37. The van der Waals surface area contributed by atoms with Crippen LogP contribution in [0.25, 0.3) is 15.9 Å². The van der Waals surface area contributed by atoms with Crippen LogP contribution in [0.2, 0.25) is 0 Å². The highest BCUT2D eigenvalue weighted by Crippen LogP contribution is 2.36. The number of fused-ring (bicyclic) bond motifs is 1. The standard InChI is InChI=1S/C23H22F3N9S/c1-13-9-15(11-30-22(13)35-31-6-7-32-35)33-14(2)17(10-28)21(23(24,25)26)34-19-12-29-18(3-5-27)20-16(19)4-8-36-20/h4,6-12,28,33-34H,2-3,5,27H2,1H3/b21-17+,28-10?. The zero-order chi connectivity index (χ0) is 25.9. The molecule has 0 radical (unpaired) electrons. The van der Waals surface area contributed by atoms with Crippen LogP contribution >= 0.6 is 11.3 Å². The van der Waals surface area contributed by atoms with Gasteiger partial charge in [-0.3, -0.25) is 4.98 Å². The van der Waals surface area contributed by atoms with Crippen molar-refractivity contribution in [3.63, 3.8) is 0 Å².